The van der Waals surface area contributed by atoms with Gasteiger partial charge in [0.05, 0.1) is 6.04 Å². The average molecular weight is 560 g/mol. The van der Waals surface area contributed by atoms with E-state index in [-0.39, 0.29) is 30.0 Å². The number of benzene rings is 1. The van der Waals surface area contributed by atoms with Crippen molar-refractivity contribution in [2.45, 2.75) is 52.7 Å². The summed E-state index contributed by atoms with van der Waals surface area (Å²) in [6.07, 6.45) is 0.758. The number of nitrogens with zero attached hydrogens (tertiary/aromatic N) is 3. The summed E-state index contributed by atoms with van der Waals surface area (Å²) in [7, 11) is 1.82. The average Bonchev–Trinajstić information content (AvgIpc) is 3.19. The van der Waals surface area contributed by atoms with E-state index in [9.17, 15) is 4.79 Å². The van der Waals surface area contributed by atoms with Gasteiger partial charge in [0.15, 0.2) is 5.96 Å². The molecule has 7 nitrogen and oxygen atoms in total. The minimum atomic E-state index is -0.537. The fraction of sp³-hybridized carbons (Fsp3) is 0.667. The van der Waals surface area contributed by atoms with Gasteiger partial charge in [0.25, 0.3) is 0 Å². The van der Waals surface area contributed by atoms with Crippen LogP contribution in [-0.2, 0) is 4.74 Å². The number of amides is 1. The SMILES string of the molecule is CCN(CC)CC1CCN(C(=NC)NCC(NC(=O)OC(C)(C)C)c2ccccc2)C1.I. The van der Waals surface area contributed by atoms with Crippen molar-refractivity contribution in [2.24, 2.45) is 10.9 Å². The third-order valence-electron chi connectivity index (χ3n) is 5.57. The molecule has 0 aromatic heterocycles. The Morgan fingerprint density at radius 2 is 1.91 bits per heavy atom. The van der Waals surface area contributed by atoms with E-state index in [2.05, 4.69) is 39.3 Å². The number of halogens is 1. The number of likely N-dealkylation sites (tertiary alicyclic amines) is 1. The highest BCUT2D eigenvalue weighted by atomic mass is 127. The predicted octanol–water partition coefficient (Wildman–Crippen LogP) is 4.11. The highest BCUT2D eigenvalue weighted by molar-refractivity contribution is 14.0. The number of rotatable bonds is 8. The van der Waals surface area contributed by atoms with E-state index < -0.39 is 11.7 Å². The quantitative estimate of drug-likeness (QED) is 0.285. The zero-order valence-electron chi connectivity index (χ0n) is 20.6. The van der Waals surface area contributed by atoms with Gasteiger partial charge in [0, 0.05) is 33.2 Å². The van der Waals surface area contributed by atoms with Crippen LogP contribution in [0.1, 0.15) is 52.6 Å². The molecule has 8 heteroatoms. The Balaban J connectivity index is 0.00000512. The summed E-state index contributed by atoms with van der Waals surface area (Å²) in [5.41, 5.74) is 0.488. The van der Waals surface area contributed by atoms with Gasteiger partial charge in [0.1, 0.15) is 5.60 Å². The number of ether oxygens (including phenoxy) is 1. The first-order valence-corrected chi connectivity index (χ1v) is 11.5. The monoisotopic (exact) mass is 559 g/mol. The van der Waals surface area contributed by atoms with E-state index in [4.69, 9.17) is 4.74 Å². The molecule has 1 aromatic carbocycles. The molecule has 0 bridgehead atoms. The number of alkyl carbamates (subject to hydrolysis) is 1. The second-order valence-electron chi connectivity index (χ2n) is 9.12. The molecule has 0 spiro atoms. The van der Waals surface area contributed by atoms with Crippen molar-refractivity contribution in [2.75, 3.05) is 46.3 Å². The molecule has 32 heavy (non-hydrogen) atoms. The summed E-state index contributed by atoms with van der Waals surface area (Å²) in [6.45, 7) is 15.9. The molecule has 1 fully saturated rings. The first-order valence-electron chi connectivity index (χ1n) is 11.5. The van der Waals surface area contributed by atoms with Gasteiger partial charge in [-0.25, -0.2) is 4.79 Å². The smallest absolute Gasteiger partial charge is 0.408 e. The fourth-order valence-electron chi connectivity index (χ4n) is 3.93. The molecule has 182 valence electrons. The summed E-state index contributed by atoms with van der Waals surface area (Å²) in [5.74, 6) is 1.54. The molecule has 2 N–H and O–H groups in total. The van der Waals surface area contributed by atoms with E-state index in [0.717, 1.165) is 44.2 Å². The van der Waals surface area contributed by atoms with Crippen LogP contribution in [0.15, 0.2) is 35.3 Å². The Labute approximate surface area is 211 Å². The molecule has 0 radical (unpaired) electrons. The molecule has 1 heterocycles. The van der Waals surface area contributed by atoms with Gasteiger partial charge in [-0.15, -0.1) is 24.0 Å². The van der Waals surface area contributed by atoms with Crippen LogP contribution in [0.4, 0.5) is 4.79 Å². The zero-order chi connectivity index (χ0) is 22.9. The van der Waals surface area contributed by atoms with Crippen LogP contribution in [0, 0.1) is 5.92 Å². The molecular weight excluding hydrogens is 517 g/mol. The van der Waals surface area contributed by atoms with Gasteiger partial charge < -0.3 is 25.2 Å². The fourth-order valence-corrected chi connectivity index (χ4v) is 3.93. The minimum Gasteiger partial charge on any atom is -0.444 e. The van der Waals surface area contributed by atoms with E-state index in [0.29, 0.717) is 12.5 Å². The Morgan fingerprint density at radius 1 is 1.25 bits per heavy atom. The van der Waals surface area contributed by atoms with E-state index in [1.54, 1.807) is 0 Å². The summed E-state index contributed by atoms with van der Waals surface area (Å²) in [6, 6.07) is 9.74. The van der Waals surface area contributed by atoms with Crippen LogP contribution >= 0.6 is 24.0 Å². The van der Waals surface area contributed by atoms with Crippen LogP contribution < -0.4 is 10.6 Å². The number of nitrogens with one attached hydrogen (secondary N) is 2. The maximum absolute atomic E-state index is 12.4. The van der Waals surface area contributed by atoms with Crippen LogP contribution in [0.25, 0.3) is 0 Å². The number of aliphatic imine (C=N–C) groups is 1. The zero-order valence-corrected chi connectivity index (χ0v) is 22.9. The number of hydrogen-bond acceptors (Lipinski definition) is 4. The van der Waals surface area contributed by atoms with Crippen molar-refractivity contribution in [3.8, 4) is 0 Å². The van der Waals surface area contributed by atoms with Crippen LogP contribution in [0.3, 0.4) is 0 Å². The molecule has 2 unspecified atom stereocenters. The van der Waals surface area contributed by atoms with Gasteiger partial charge >= 0.3 is 6.09 Å². The third kappa shape index (κ3) is 9.52. The second-order valence-corrected chi connectivity index (χ2v) is 9.12. The van der Waals surface area contributed by atoms with Gasteiger partial charge in [-0.3, -0.25) is 4.99 Å². The van der Waals surface area contributed by atoms with E-state index >= 15 is 0 Å². The van der Waals surface area contributed by atoms with Gasteiger partial charge in [0.2, 0.25) is 0 Å². The summed E-state index contributed by atoms with van der Waals surface area (Å²) >= 11 is 0. The topological polar surface area (TPSA) is 69.2 Å². The van der Waals surface area contributed by atoms with Gasteiger partial charge in [-0.05, 0) is 51.8 Å². The maximum Gasteiger partial charge on any atom is 0.408 e. The normalized spacial score (nSPS) is 17.7. The van der Waals surface area contributed by atoms with Crippen molar-refractivity contribution in [1.29, 1.82) is 0 Å². The standard InChI is InChI=1S/C24H41N5O2.HI/c1-7-28(8-2)17-19-14-15-29(18-19)22(25-6)26-16-21(20-12-10-9-11-13-20)27-23(30)31-24(3,4)5;/h9-13,19,21H,7-8,14-18H2,1-6H3,(H,25,26)(H,27,30);1H. The first-order chi connectivity index (χ1) is 14.8. The molecule has 1 amide bonds. The lowest BCUT2D eigenvalue weighted by atomic mass is 10.1. The lowest BCUT2D eigenvalue weighted by molar-refractivity contribution is 0.0504. The molecule has 1 aliphatic heterocycles. The lowest BCUT2D eigenvalue weighted by Gasteiger charge is -2.27. The molecule has 0 aliphatic carbocycles. The molecular formula is C24H42IN5O2. The summed E-state index contributed by atoms with van der Waals surface area (Å²) in [4.78, 5) is 21.7. The molecule has 2 atom stereocenters. The number of hydrogen-bond donors (Lipinski definition) is 2. The van der Waals surface area contributed by atoms with Crippen LogP contribution in [-0.4, -0.2) is 73.8 Å². The van der Waals surface area contributed by atoms with Crippen molar-refractivity contribution in [3.63, 3.8) is 0 Å². The third-order valence-corrected chi connectivity index (χ3v) is 5.57. The molecule has 1 aliphatic rings. The lowest BCUT2D eigenvalue weighted by Crippen LogP contribution is -2.45. The first kappa shape index (κ1) is 28.5. The largest absolute Gasteiger partial charge is 0.444 e. The Hall–Kier alpha value is -1.55. The van der Waals surface area contributed by atoms with Crippen molar-refractivity contribution in [3.05, 3.63) is 35.9 Å². The number of carbonyl (C=O) groups is 1. The molecule has 2 rings (SSSR count). The highest BCUT2D eigenvalue weighted by Gasteiger charge is 2.27. The number of carbonyl (C=O) groups excluding carboxylic acids is 1. The van der Waals surface area contributed by atoms with Gasteiger partial charge in [-0.1, -0.05) is 44.2 Å². The Morgan fingerprint density at radius 3 is 2.47 bits per heavy atom. The molecule has 1 saturated heterocycles. The van der Waals surface area contributed by atoms with Crippen LogP contribution in [0.5, 0.6) is 0 Å². The van der Waals surface area contributed by atoms with Crippen LogP contribution in [0.2, 0.25) is 0 Å². The van der Waals surface area contributed by atoms with Crippen molar-refractivity contribution in [1.82, 2.24) is 20.4 Å². The highest BCUT2D eigenvalue weighted by Crippen LogP contribution is 2.18. The number of guanidine groups is 1. The maximum atomic E-state index is 12.4. The Bertz CT molecular complexity index is 704. The second kappa shape index (κ2) is 13.9. The van der Waals surface area contributed by atoms with E-state index in [1.807, 2.05) is 58.2 Å². The summed E-state index contributed by atoms with van der Waals surface area (Å²) in [5, 5.41) is 6.48. The molecule has 1 aromatic rings. The minimum absolute atomic E-state index is 0. The predicted molar refractivity (Wildman–Crippen MR) is 143 cm³/mol. The van der Waals surface area contributed by atoms with Gasteiger partial charge in [-0.2, -0.15) is 0 Å². The van der Waals surface area contributed by atoms with Crippen molar-refractivity contribution < 1.29 is 9.53 Å². The van der Waals surface area contributed by atoms with Crippen molar-refractivity contribution >= 4 is 36.0 Å². The Kier molecular flexibility index (Phi) is 12.3. The van der Waals surface area contributed by atoms with E-state index in [1.165, 1.54) is 6.42 Å². The molecule has 0 saturated carbocycles. The summed E-state index contributed by atoms with van der Waals surface area (Å²) < 4.78 is 5.47.